The summed E-state index contributed by atoms with van der Waals surface area (Å²) in [6.45, 7) is 1.91. The number of esters is 2. The molecule has 0 N–H and O–H groups in total. The summed E-state index contributed by atoms with van der Waals surface area (Å²) in [5, 5.41) is 0. The van der Waals surface area contributed by atoms with Gasteiger partial charge in [0, 0.05) is 11.8 Å². The van der Waals surface area contributed by atoms with E-state index < -0.39 is 35.6 Å². The van der Waals surface area contributed by atoms with Crippen molar-refractivity contribution in [1.82, 2.24) is 0 Å². The lowest BCUT2D eigenvalue weighted by atomic mass is 9.54. The molecular weight excluding hydrogens is 264 g/mol. The Balaban J connectivity index is 2.38. The summed E-state index contributed by atoms with van der Waals surface area (Å²) in [6, 6.07) is 0. The molecule has 0 aromatic heterocycles. The highest BCUT2D eigenvalue weighted by atomic mass is 16.6. The number of hydrogen-bond acceptors (Lipinski definition) is 6. The average Bonchev–Trinajstić information content (AvgIpc) is 2.46. The molecule has 6 unspecified atom stereocenters. The van der Waals surface area contributed by atoms with Crippen molar-refractivity contribution in [2.75, 3.05) is 7.11 Å². The van der Waals surface area contributed by atoms with E-state index >= 15 is 0 Å². The zero-order valence-electron chi connectivity index (χ0n) is 11.2. The van der Waals surface area contributed by atoms with E-state index in [-0.39, 0.29) is 18.3 Å². The van der Waals surface area contributed by atoms with Crippen LogP contribution in [0.1, 0.15) is 6.92 Å². The SMILES string of the molecule is COC(=O)C1C(C=O)C2C=CC1C(C(=O)OC=O)C2C. The molecule has 108 valence electrons. The van der Waals surface area contributed by atoms with Crippen LogP contribution in [0.5, 0.6) is 0 Å². The van der Waals surface area contributed by atoms with Gasteiger partial charge in [0.1, 0.15) is 6.29 Å². The highest BCUT2D eigenvalue weighted by Crippen LogP contribution is 2.51. The van der Waals surface area contributed by atoms with Crippen LogP contribution in [0.3, 0.4) is 0 Å². The quantitative estimate of drug-likeness (QED) is 0.320. The fraction of sp³-hybridized carbons (Fsp3) is 0.571. The summed E-state index contributed by atoms with van der Waals surface area (Å²) in [5.41, 5.74) is 0. The molecule has 0 radical (unpaired) electrons. The van der Waals surface area contributed by atoms with Gasteiger partial charge in [-0.15, -0.1) is 0 Å². The molecule has 3 aliphatic rings. The average molecular weight is 280 g/mol. The second kappa shape index (κ2) is 5.56. The lowest BCUT2D eigenvalue weighted by molar-refractivity contribution is -0.168. The maximum absolute atomic E-state index is 11.9. The molecule has 0 aliphatic heterocycles. The summed E-state index contributed by atoms with van der Waals surface area (Å²) in [7, 11) is 1.25. The van der Waals surface area contributed by atoms with Gasteiger partial charge in [0.2, 0.25) is 0 Å². The Morgan fingerprint density at radius 2 is 1.70 bits per heavy atom. The largest absolute Gasteiger partial charge is 0.469 e. The van der Waals surface area contributed by atoms with E-state index in [1.165, 1.54) is 7.11 Å². The molecule has 0 amide bonds. The third-order valence-corrected chi connectivity index (χ3v) is 4.48. The van der Waals surface area contributed by atoms with Gasteiger partial charge >= 0.3 is 18.4 Å². The van der Waals surface area contributed by atoms with E-state index in [2.05, 4.69) is 4.74 Å². The minimum atomic E-state index is -0.701. The third kappa shape index (κ3) is 2.05. The van der Waals surface area contributed by atoms with Crippen molar-refractivity contribution in [3.05, 3.63) is 12.2 Å². The monoisotopic (exact) mass is 280 g/mol. The van der Waals surface area contributed by atoms with Gasteiger partial charge in [-0.25, -0.2) is 0 Å². The van der Waals surface area contributed by atoms with Crippen LogP contribution in [-0.2, 0) is 28.7 Å². The van der Waals surface area contributed by atoms with Crippen molar-refractivity contribution in [1.29, 1.82) is 0 Å². The van der Waals surface area contributed by atoms with Crippen LogP contribution in [0.15, 0.2) is 12.2 Å². The minimum absolute atomic E-state index is 0.0887. The van der Waals surface area contributed by atoms with Crippen LogP contribution in [0.4, 0.5) is 0 Å². The molecule has 6 heteroatoms. The maximum Gasteiger partial charge on any atom is 0.317 e. The van der Waals surface area contributed by atoms with Crippen LogP contribution in [0.2, 0.25) is 0 Å². The summed E-state index contributed by atoms with van der Waals surface area (Å²) in [5.74, 6) is -3.89. The van der Waals surface area contributed by atoms with Crippen molar-refractivity contribution in [3.63, 3.8) is 0 Å². The van der Waals surface area contributed by atoms with E-state index in [1.807, 2.05) is 13.0 Å². The first-order valence-electron chi connectivity index (χ1n) is 6.42. The maximum atomic E-state index is 11.9. The molecule has 1 fully saturated rings. The van der Waals surface area contributed by atoms with Gasteiger partial charge in [0.15, 0.2) is 0 Å². The van der Waals surface area contributed by atoms with E-state index in [9.17, 15) is 19.2 Å². The van der Waals surface area contributed by atoms with Crippen molar-refractivity contribution >= 4 is 24.7 Å². The molecule has 0 spiro atoms. The molecule has 0 aromatic rings. The summed E-state index contributed by atoms with van der Waals surface area (Å²) in [6.07, 6.45) is 4.36. The minimum Gasteiger partial charge on any atom is -0.469 e. The number of ether oxygens (including phenoxy) is 2. The fourth-order valence-corrected chi connectivity index (χ4v) is 3.58. The molecule has 0 saturated heterocycles. The first kappa shape index (κ1) is 14.4. The van der Waals surface area contributed by atoms with Crippen LogP contribution in [0, 0.1) is 35.5 Å². The Kier molecular flexibility index (Phi) is 4.01. The molecule has 3 aliphatic carbocycles. The van der Waals surface area contributed by atoms with E-state index in [0.717, 1.165) is 6.29 Å². The predicted octanol–water partition coefficient (Wildman–Crippen LogP) is 0.358. The molecule has 3 rings (SSSR count). The topological polar surface area (TPSA) is 86.7 Å². The van der Waals surface area contributed by atoms with E-state index in [1.54, 1.807) is 6.08 Å². The van der Waals surface area contributed by atoms with Gasteiger partial charge in [-0.1, -0.05) is 19.1 Å². The molecule has 0 aromatic carbocycles. The molecule has 6 nitrogen and oxygen atoms in total. The molecular formula is C14H16O6. The number of methoxy groups -OCH3 is 1. The first-order valence-corrected chi connectivity index (χ1v) is 6.42. The van der Waals surface area contributed by atoms with Gasteiger partial charge in [-0.2, -0.15) is 0 Å². The zero-order chi connectivity index (χ0) is 14.9. The van der Waals surface area contributed by atoms with Crippen molar-refractivity contribution in [3.8, 4) is 0 Å². The Bertz CT molecular complexity index is 468. The number of fused-ring (bicyclic) bond motifs is 2. The van der Waals surface area contributed by atoms with Crippen molar-refractivity contribution in [2.24, 2.45) is 35.5 Å². The molecule has 2 bridgehead atoms. The zero-order valence-corrected chi connectivity index (χ0v) is 11.2. The molecule has 0 heterocycles. The second-order valence-corrected chi connectivity index (χ2v) is 5.22. The van der Waals surface area contributed by atoms with Crippen LogP contribution in [0.25, 0.3) is 0 Å². The summed E-state index contributed by atoms with van der Waals surface area (Å²) in [4.78, 5) is 45.5. The Morgan fingerprint density at radius 1 is 1.05 bits per heavy atom. The molecule has 1 saturated carbocycles. The van der Waals surface area contributed by atoms with E-state index in [0.29, 0.717) is 0 Å². The van der Waals surface area contributed by atoms with Crippen LogP contribution < -0.4 is 0 Å². The highest BCUT2D eigenvalue weighted by Gasteiger charge is 2.55. The fourth-order valence-electron chi connectivity index (χ4n) is 3.58. The second-order valence-electron chi connectivity index (χ2n) is 5.22. The predicted molar refractivity (Wildman–Crippen MR) is 66.0 cm³/mol. The summed E-state index contributed by atoms with van der Waals surface area (Å²) >= 11 is 0. The normalized spacial score (nSPS) is 38.1. The lowest BCUT2D eigenvalue weighted by Crippen LogP contribution is -2.53. The van der Waals surface area contributed by atoms with Crippen molar-refractivity contribution in [2.45, 2.75) is 6.92 Å². The standard InChI is InChI=1S/C14H16O6/c1-7-8-3-4-9(11(7)14(18)20-6-16)12(10(8)5-15)13(17)19-2/h3-12H,1-2H3. The van der Waals surface area contributed by atoms with Crippen LogP contribution >= 0.6 is 0 Å². The number of aldehydes is 1. The smallest absolute Gasteiger partial charge is 0.317 e. The van der Waals surface area contributed by atoms with Crippen LogP contribution in [-0.4, -0.2) is 31.8 Å². The summed E-state index contributed by atoms with van der Waals surface area (Å²) < 4.78 is 9.19. The van der Waals surface area contributed by atoms with E-state index in [4.69, 9.17) is 4.74 Å². The van der Waals surface area contributed by atoms with Gasteiger partial charge in [-0.3, -0.25) is 14.4 Å². The number of hydrogen-bond donors (Lipinski definition) is 0. The van der Waals surface area contributed by atoms with Gasteiger partial charge in [0.25, 0.3) is 0 Å². The lowest BCUT2D eigenvalue weighted by Gasteiger charge is -2.48. The molecule has 20 heavy (non-hydrogen) atoms. The Hall–Kier alpha value is -1.98. The first-order chi connectivity index (χ1) is 9.56. The van der Waals surface area contributed by atoms with Crippen molar-refractivity contribution < 1.29 is 28.7 Å². The van der Waals surface area contributed by atoms with Gasteiger partial charge in [0.05, 0.1) is 18.9 Å². The highest BCUT2D eigenvalue weighted by molar-refractivity contribution is 5.84. The van der Waals surface area contributed by atoms with Gasteiger partial charge < -0.3 is 14.3 Å². The number of carbonyl (C=O) groups excluding carboxylic acids is 4. The number of rotatable bonds is 4. The van der Waals surface area contributed by atoms with Gasteiger partial charge in [-0.05, 0) is 11.8 Å². The third-order valence-electron chi connectivity index (χ3n) is 4.48. The number of allylic oxidation sites excluding steroid dienone is 2. The number of carbonyl (C=O) groups is 4. The molecule has 6 atom stereocenters. The Morgan fingerprint density at radius 3 is 2.25 bits per heavy atom. The Labute approximate surface area is 116 Å².